The van der Waals surface area contributed by atoms with E-state index in [9.17, 15) is 23.2 Å². The predicted molar refractivity (Wildman–Crippen MR) is 122 cm³/mol. The Labute approximate surface area is 203 Å². The Kier molecular flexibility index (Phi) is 5.77. The molecule has 0 radical (unpaired) electrons. The molecule has 0 spiro atoms. The van der Waals surface area contributed by atoms with Gasteiger partial charge in [-0.3, -0.25) is 9.20 Å². The highest BCUT2D eigenvalue weighted by Crippen LogP contribution is 2.38. The molecule has 1 fully saturated rings. The third-order valence-corrected chi connectivity index (χ3v) is 6.69. The zero-order valence-electron chi connectivity index (χ0n) is 18.2. The number of hydrogen-bond acceptors (Lipinski definition) is 4. The van der Waals surface area contributed by atoms with Crippen LogP contribution in [0.4, 0.5) is 13.2 Å². The molecule has 0 atom stereocenters. The Hall–Kier alpha value is -3.77. The van der Waals surface area contributed by atoms with Gasteiger partial charge in [0, 0.05) is 30.4 Å². The van der Waals surface area contributed by atoms with Gasteiger partial charge in [0.05, 0.1) is 29.7 Å². The molecule has 4 aromatic rings. The van der Waals surface area contributed by atoms with E-state index in [0.717, 1.165) is 16.0 Å². The van der Waals surface area contributed by atoms with Crippen LogP contribution in [0.2, 0.25) is 5.15 Å². The molecule has 3 aromatic heterocycles. The van der Waals surface area contributed by atoms with Crippen LogP contribution in [0.25, 0.3) is 16.8 Å². The number of amides is 1. The molecular weight excluding hydrogens is 481 g/mol. The van der Waals surface area contributed by atoms with E-state index in [1.807, 2.05) is 12.1 Å². The van der Waals surface area contributed by atoms with Crippen LogP contribution in [-0.4, -0.2) is 33.3 Å². The van der Waals surface area contributed by atoms with Crippen LogP contribution in [0.1, 0.15) is 45.9 Å². The van der Waals surface area contributed by atoms with Gasteiger partial charge in [-0.2, -0.15) is 18.4 Å². The Morgan fingerprint density at radius 2 is 1.91 bits per heavy atom. The number of pyridine rings is 1. The molecule has 0 N–H and O–H groups in total. The summed E-state index contributed by atoms with van der Waals surface area (Å²) in [5.74, 6) is -0.413. The van der Waals surface area contributed by atoms with E-state index in [0.29, 0.717) is 37.1 Å². The lowest BCUT2D eigenvalue weighted by Crippen LogP contribution is -2.38. The van der Waals surface area contributed by atoms with Crippen molar-refractivity contribution in [3.8, 4) is 17.2 Å². The molecule has 4 heterocycles. The third kappa shape index (κ3) is 4.15. The highest BCUT2D eigenvalue weighted by atomic mass is 35.5. The van der Waals surface area contributed by atoms with Gasteiger partial charge in [-0.05, 0) is 42.5 Å². The first kappa shape index (κ1) is 23.0. The number of halogens is 4. The van der Waals surface area contributed by atoms with Crippen molar-refractivity contribution in [2.45, 2.75) is 24.9 Å². The van der Waals surface area contributed by atoms with Crippen LogP contribution in [0, 0.1) is 11.3 Å². The predicted octanol–water partition coefficient (Wildman–Crippen LogP) is 6.16. The summed E-state index contributed by atoms with van der Waals surface area (Å²) in [4.78, 5) is 18.8. The summed E-state index contributed by atoms with van der Waals surface area (Å²) < 4.78 is 47.7. The maximum Gasteiger partial charge on any atom is 0.420 e. The van der Waals surface area contributed by atoms with E-state index in [4.69, 9.17) is 16.0 Å². The lowest BCUT2D eigenvalue weighted by atomic mass is 9.87. The summed E-state index contributed by atoms with van der Waals surface area (Å²) in [6, 6.07) is 12.1. The van der Waals surface area contributed by atoms with E-state index in [2.05, 4.69) is 11.1 Å². The van der Waals surface area contributed by atoms with Crippen LogP contribution in [0.3, 0.4) is 0 Å². The normalized spacial score (nSPS) is 14.9. The second-order valence-electron chi connectivity index (χ2n) is 8.36. The summed E-state index contributed by atoms with van der Waals surface area (Å²) in [7, 11) is 0. The molecule has 0 unspecified atom stereocenters. The molecule has 1 amide bonds. The van der Waals surface area contributed by atoms with Crippen LogP contribution >= 0.6 is 11.6 Å². The first-order chi connectivity index (χ1) is 16.8. The number of likely N-dealkylation sites (tertiary alicyclic amines) is 1. The Balaban J connectivity index is 1.46. The van der Waals surface area contributed by atoms with Crippen molar-refractivity contribution in [1.29, 1.82) is 5.26 Å². The third-order valence-electron chi connectivity index (χ3n) is 6.33. The molecule has 35 heavy (non-hydrogen) atoms. The van der Waals surface area contributed by atoms with Gasteiger partial charge in [-0.15, -0.1) is 0 Å². The number of carbonyl (C=O) groups excluding carboxylic acids is 1. The van der Waals surface area contributed by atoms with Crippen LogP contribution < -0.4 is 0 Å². The zero-order valence-corrected chi connectivity index (χ0v) is 19.0. The number of alkyl halides is 3. The molecule has 6 nitrogen and oxygen atoms in total. The first-order valence-corrected chi connectivity index (χ1v) is 11.3. The highest BCUT2D eigenvalue weighted by molar-refractivity contribution is 6.33. The molecule has 0 aliphatic carbocycles. The smallest absolute Gasteiger partial charge is 0.420 e. The fourth-order valence-electron chi connectivity index (χ4n) is 4.55. The van der Waals surface area contributed by atoms with Gasteiger partial charge in [0.2, 0.25) is 0 Å². The Bertz CT molecular complexity index is 1450. The minimum Gasteiger partial charge on any atom is -0.472 e. The van der Waals surface area contributed by atoms with Crippen molar-refractivity contribution >= 4 is 23.2 Å². The number of imidazole rings is 1. The SMILES string of the molecule is N#Cc1ccccc1C1CCN(C(=O)c2nc3c(C(F)(F)F)cc(-c4ccoc4)cn3c2Cl)CC1. The number of rotatable bonds is 3. The van der Waals surface area contributed by atoms with Crippen molar-refractivity contribution in [2.24, 2.45) is 0 Å². The highest BCUT2D eigenvalue weighted by Gasteiger charge is 2.37. The average Bonchev–Trinajstić information content (AvgIpc) is 3.51. The van der Waals surface area contributed by atoms with Gasteiger partial charge in [0.25, 0.3) is 5.91 Å². The van der Waals surface area contributed by atoms with Gasteiger partial charge in [0.15, 0.2) is 11.3 Å². The topological polar surface area (TPSA) is 74.5 Å². The summed E-state index contributed by atoms with van der Waals surface area (Å²) in [5.41, 5.74) is 0.559. The standard InChI is InChI=1S/C25H18ClF3N4O2/c26-22-21(24(34)32-8-5-15(6-9-32)19-4-2-1-3-16(19)12-30)31-23-20(25(27,28)29)11-18(13-33(22)23)17-7-10-35-14-17/h1-4,7,10-11,13-15H,5-6,8-9H2. The molecule has 1 aliphatic heterocycles. The number of nitriles is 1. The van der Waals surface area contributed by atoms with Crippen molar-refractivity contribution in [1.82, 2.24) is 14.3 Å². The summed E-state index contributed by atoms with van der Waals surface area (Å²) in [5, 5.41) is 9.19. The quantitative estimate of drug-likeness (QED) is 0.339. The van der Waals surface area contributed by atoms with Crippen molar-refractivity contribution in [3.63, 3.8) is 0 Å². The number of hydrogen-bond donors (Lipinski definition) is 0. The fourth-order valence-corrected chi connectivity index (χ4v) is 4.80. The fraction of sp³-hybridized carbons (Fsp3) is 0.240. The zero-order chi connectivity index (χ0) is 24.7. The monoisotopic (exact) mass is 498 g/mol. The molecule has 5 rings (SSSR count). The van der Waals surface area contributed by atoms with Crippen molar-refractivity contribution in [3.05, 3.63) is 82.7 Å². The van der Waals surface area contributed by atoms with E-state index < -0.39 is 23.3 Å². The number of nitrogens with zero attached hydrogens (tertiary/aromatic N) is 4. The minimum absolute atomic E-state index is 0.112. The number of piperidine rings is 1. The number of aromatic nitrogens is 2. The summed E-state index contributed by atoms with van der Waals surface area (Å²) >= 11 is 6.42. The molecule has 1 aliphatic rings. The molecular formula is C25H18ClF3N4O2. The lowest BCUT2D eigenvalue weighted by Gasteiger charge is -2.32. The molecule has 178 valence electrons. The maximum absolute atomic E-state index is 13.9. The van der Waals surface area contributed by atoms with Gasteiger partial charge in [-0.1, -0.05) is 29.8 Å². The van der Waals surface area contributed by atoms with Crippen LogP contribution in [0.5, 0.6) is 0 Å². The summed E-state index contributed by atoms with van der Waals surface area (Å²) in [6.45, 7) is 0.750. The Morgan fingerprint density at radius 1 is 1.17 bits per heavy atom. The molecule has 1 saturated heterocycles. The van der Waals surface area contributed by atoms with Gasteiger partial charge in [0.1, 0.15) is 5.15 Å². The maximum atomic E-state index is 13.9. The first-order valence-electron chi connectivity index (χ1n) is 10.9. The van der Waals surface area contributed by atoms with E-state index >= 15 is 0 Å². The van der Waals surface area contributed by atoms with E-state index in [-0.39, 0.29) is 22.3 Å². The van der Waals surface area contributed by atoms with Crippen molar-refractivity contribution in [2.75, 3.05) is 13.1 Å². The molecule has 0 bridgehead atoms. The van der Waals surface area contributed by atoms with Crippen molar-refractivity contribution < 1.29 is 22.4 Å². The summed E-state index contributed by atoms with van der Waals surface area (Å²) in [6.07, 6.45) is 0.625. The molecule has 1 aromatic carbocycles. The number of benzene rings is 1. The second-order valence-corrected chi connectivity index (χ2v) is 8.72. The lowest BCUT2D eigenvalue weighted by molar-refractivity contribution is -0.136. The largest absolute Gasteiger partial charge is 0.472 e. The second kappa shape index (κ2) is 8.78. The van der Waals surface area contributed by atoms with Gasteiger partial charge >= 0.3 is 6.18 Å². The van der Waals surface area contributed by atoms with E-state index in [1.54, 1.807) is 17.0 Å². The number of carbonyl (C=O) groups is 1. The van der Waals surface area contributed by atoms with Crippen LogP contribution in [0.15, 0.2) is 59.5 Å². The Morgan fingerprint density at radius 3 is 2.57 bits per heavy atom. The number of furan rings is 1. The van der Waals surface area contributed by atoms with Crippen LogP contribution in [-0.2, 0) is 6.18 Å². The molecule has 10 heteroatoms. The van der Waals surface area contributed by atoms with E-state index in [1.165, 1.54) is 24.8 Å². The average molecular weight is 499 g/mol. The van der Waals surface area contributed by atoms with Gasteiger partial charge < -0.3 is 9.32 Å². The number of fused-ring (bicyclic) bond motifs is 1. The molecule has 0 saturated carbocycles. The minimum atomic E-state index is -4.71. The van der Waals surface area contributed by atoms with Gasteiger partial charge in [-0.25, -0.2) is 4.98 Å².